The normalized spacial score (nSPS) is 17.5. The third-order valence-corrected chi connectivity index (χ3v) is 5.79. The van der Waals surface area contributed by atoms with Crippen LogP contribution in [-0.2, 0) is 35.2 Å². The summed E-state index contributed by atoms with van der Waals surface area (Å²) in [7, 11) is 0. The van der Waals surface area contributed by atoms with Crippen LogP contribution < -0.4 is 27.8 Å². The summed E-state index contributed by atoms with van der Waals surface area (Å²) in [6, 6.07) is 3.93. The lowest BCUT2D eigenvalue weighted by Crippen LogP contribution is -2.58. The molecule has 0 bridgehead atoms. The number of nitrogens with zero attached hydrogens (tertiary/aromatic N) is 1. The monoisotopic (exact) mass is 504 g/mol. The topological polar surface area (TPSA) is 228 Å². The van der Waals surface area contributed by atoms with Gasteiger partial charge in [0.15, 0.2) is 0 Å². The fraction of sp³-hybridized carbons (Fsp3) is 0.478. The first-order valence-corrected chi connectivity index (χ1v) is 11.5. The summed E-state index contributed by atoms with van der Waals surface area (Å²) in [5, 5.41) is 14.5. The summed E-state index contributed by atoms with van der Waals surface area (Å²) >= 11 is 0. The molecule has 4 atom stereocenters. The number of rotatable bonds is 13. The van der Waals surface area contributed by atoms with Gasteiger partial charge >= 0.3 is 5.97 Å². The van der Waals surface area contributed by atoms with E-state index in [9.17, 15) is 33.9 Å². The first kappa shape index (κ1) is 28.2. The summed E-state index contributed by atoms with van der Waals surface area (Å²) in [5.74, 6) is -4.88. The van der Waals surface area contributed by atoms with E-state index in [2.05, 4.69) is 10.6 Å². The van der Waals surface area contributed by atoms with Gasteiger partial charge in [0.2, 0.25) is 29.5 Å². The molecule has 4 unspecified atom stereocenters. The van der Waals surface area contributed by atoms with Crippen molar-refractivity contribution in [3.8, 4) is 0 Å². The number of nitrogens with two attached hydrogens (primary N) is 3. The molecule has 2 rings (SSSR count). The summed E-state index contributed by atoms with van der Waals surface area (Å²) in [6.07, 6.45) is -0.0559. The summed E-state index contributed by atoms with van der Waals surface area (Å²) in [5.41, 5.74) is 16.7. The molecular weight excluding hydrogens is 472 g/mol. The zero-order chi connectivity index (χ0) is 26.8. The smallest absolute Gasteiger partial charge is 0.326 e. The minimum atomic E-state index is -1.29. The Balaban J connectivity index is 2.25. The number of aliphatic carboxylic acids is 1. The molecule has 9 N–H and O–H groups in total. The molecule has 0 aliphatic carbocycles. The molecule has 1 fully saturated rings. The molecule has 1 aliphatic rings. The maximum atomic E-state index is 13.3. The van der Waals surface area contributed by atoms with Crippen molar-refractivity contribution in [2.45, 2.75) is 62.7 Å². The van der Waals surface area contributed by atoms with Gasteiger partial charge in [0.1, 0.15) is 18.1 Å². The van der Waals surface area contributed by atoms with Crippen LogP contribution in [0.15, 0.2) is 30.3 Å². The van der Waals surface area contributed by atoms with Crippen LogP contribution in [-0.4, -0.2) is 76.2 Å². The van der Waals surface area contributed by atoms with Gasteiger partial charge in [0.05, 0.1) is 12.5 Å². The van der Waals surface area contributed by atoms with Crippen LogP contribution in [0.2, 0.25) is 0 Å². The molecule has 196 valence electrons. The van der Waals surface area contributed by atoms with Crippen molar-refractivity contribution < 1.29 is 33.9 Å². The Kier molecular flexibility index (Phi) is 10.3. The van der Waals surface area contributed by atoms with Gasteiger partial charge in [-0.05, 0) is 24.8 Å². The molecule has 1 aliphatic heterocycles. The van der Waals surface area contributed by atoms with Crippen molar-refractivity contribution in [2.75, 3.05) is 6.54 Å². The van der Waals surface area contributed by atoms with E-state index in [4.69, 9.17) is 17.2 Å². The van der Waals surface area contributed by atoms with E-state index in [1.807, 2.05) is 0 Å². The number of nitrogens with one attached hydrogen (secondary N) is 2. The maximum Gasteiger partial charge on any atom is 0.326 e. The highest BCUT2D eigenvalue weighted by Crippen LogP contribution is 2.20. The van der Waals surface area contributed by atoms with Crippen molar-refractivity contribution in [3.05, 3.63) is 35.9 Å². The predicted octanol–water partition coefficient (Wildman–Crippen LogP) is -2.26. The van der Waals surface area contributed by atoms with E-state index in [1.54, 1.807) is 30.3 Å². The Bertz CT molecular complexity index is 986. The number of likely N-dealkylation sites (tertiary alicyclic amines) is 1. The van der Waals surface area contributed by atoms with Gasteiger partial charge in [-0.1, -0.05) is 30.3 Å². The first-order valence-electron chi connectivity index (χ1n) is 11.5. The van der Waals surface area contributed by atoms with E-state index in [0.29, 0.717) is 12.0 Å². The van der Waals surface area contributed by atoms with Crippen molar-refractivity contribution in [2.24, 2.45) is 17.2 Å². The molecule has 1 saturated heterocycles. The SMILES string of the molecule is NC(=O)CCC(NC(=O)C(Cc1ccccc1)NC(=O)C(N)CC(N)=O)C(=O)N1CCCC1C(=O)O. The Morgan fingerprint density at radius 2 is 1.61 bits per heavy atom. The Labute approximate surface area is 207 Å². The van der Waals surface area contributed by atoms with Gasteiger partial charge in [0, 0.05) is 19.4 Å². The van der Waals surface area contributed by atoms with Gasteiger partial charge in [0.25, 0.3) is 0 Å². The van der Waals surface area contributed by atoms with Crippen LogP contribution in [0.1, 0.15) is 37.7 Å². The third-order valence-electron chi connectivity index (χ3n) is 5.79. The number of carbonyl (C=O) groups is 6. The van der Waals surface area contributed by atoms with E-state index in [1.165, 1.54) is 0 Å². The number of hydrogen-bond donors (Lipinski definition) is 6. The Hall–Kier alpha value is -4.00. The quantitative estimate of drug-likeness (QED) is 0.171. The van der Waals surface area contributed by atoms with Crippen LogP contribution >= 0.6 is 0 Å². The first-order chi connectivity index (χ1) is 17.0. The number of primary amides is 2. The summed E-state index contributed by atoms with van der Waals surface area (Å²) in [4.78, 5) is 74.2. The zero-order valence-electron chi connectivity index (χ0n) is 19.7. The lowest BCUT2D eigenvalue weighted by Gasteiger charge is -2.29. The van der Waals surface area contributed by atoms with Crippen LogP contribution in [0.3, 0.4) is 0 Å². The number of amides is 5. The molecule has 0 aromatic heterocycles. The second-order valence-electron chi connectivity index (χ2n) is 8.62. The average molecular weight is 505 g/mol. The average Bonchev–Trinajstić information content (AvgIpc) is 3.31. The molecule has 36 heavy (non-hydrogen) atoms. The van der Waals surface area contributed by atoms with Gasteiger partial charge in [-0.2, -0.15) is 0 Å². The maximum absolute atomic E-state index is 13.3. The highest BCUT2D eigenvalue weighted by molar-refractivity contribution is 5.95. The summed E-state index contributed by atoms with van der Waals surface area (Å²) in [6.45, 7) is 0.185. The minimum Gasteiger partial charge on any atom is -0.480 e. The van der Waals surface area contributed by atoms with E-state index in [-0.39, 0.29) is 32.2 Å². The van der Waals surface area contributed by atoms with Gasteiger partial charge in [-0.25, -0.2) is 4.79 Å². The second-order valence-corrected chi connectivity index (χ2v) is 8.62. The van der Waals surface area contributed by atoms with Gasteiger partial charge in [-0.15, -0.1) is 0 Å². The molecule has 0 spiro atoms. The molecular formula is C23H32N6O7. The van der Waals surface area contributed by atoms with E-state index >= 15 is 0 Å². The number of carboxylic acid groups (broad SMARTS) is 1. The van der Waals surface area contributed by atoms with Crippen molar-refractivity contribution >= 4 is 35.5 Å². The fourth-order valence-corrected chi connectivity index (χ4v) is 3.95. The van der Waals surface area contributed by atoms with E-state index in [0.717, 1.165) is 4.90 Å². The van der Waals surface area contributed by atoms with Crippen LogP contribution in [0.5, 0.6) is 0 Å². The lowest BCUT2D eigenvalue weighted by molar-refractivity contribution is -0.149. The highest BCUT2D eigenvalue weighted by atomic mass is 16.4. The lowest BCUT2D eigenvalue weighted by atomic mass is 10.0. The Morgan fingerprint density at radius 1 is 0.972 bits per heavy atom. The number of carbonyl (C=O) groups excluding carboxylic acids is 5. The molecule has 13 nitrogen and oxygen atoms in total. The number of benzene rings is 1. The number of carboxylic acids is 1. The molecule has 0 radical (unpaired) electrons. The largest absolute Gasteiger partial charge is 0.480 e. The molecule has 13 heteroatoms. The van der Waals surface area contributed by atoms with Crippen LogP contribution in [0.25, 0.3) is 0 Å². The minimum absolute atomic E-state index is 0.0277. The second kappa shape index (κ2) is 13.2. The van der Waals surface area contributed by atoms with Gasteiger partial charge in [-0.3, -0.25) is 24.0 Å². The van der Waals surface area contributed by atoms with Crippen LogP contribution in [0.4, 0.5) is 0 Å². The zero-order valence-corrected chi connectivity index (χ0v) is 19.7. The van der Waals surface area contributed by atoms with Crippen molar-refractivity contribution in [1.29, 1.82) is 0 Å². The molecule has 0 saturated carbocycles. The predicted molar refractivity (Wildman–Crippen MR) is 127 cm³/mol. The number of hydrogen-bond acceptors (Lipinski definition) is 7. The van der Waals surface area contributed by atoms with Crippen molar-refractivity contribution in [1.82, 2.24) is 15.5 Å². The third kappa shape index (κ3) is 8.34. The van der Waals surface area contributed by atoms with Crippen molar-refractivity contribution in [3.63, 3.8) is 0 Å². The fourth-order valence-electron chi connectivity index (χ4n) is 3.95. The van der Waals surface area contributed by atoms with Gasteiger partial charge < -0.3 is 37.8 Å². The Morgan fingerprint density at radius 3 is 2.19 bits per heavy atom. The van der Waals surface area contributed by atoms with E-state index < -0.39 is 66.1 Å². The molecule has 5 amide bonds. The summed E-state index contributed by atoms with van der Waals surface area (Å²) < 4.78 is 0. The molecule has 1 heterocycles. The van der Waals surface area contributed by atoms with Crippen LogP contribution in [0, 0.1) is 0 Å². The highest BCUT2D eigenvalue weighted by Gasteiger charge is 2.38. The molecule has 1 aromatic rings. The molecule has 1 aromatic carbocycles. The standard InChI is InChI=1S/C23H32N6O7/c24-14(12-19(26)31)20(32)28-16(11-13-5-2-1-3-6-13)21(33)27-15(8-9-18(25)30)22(34)29-10-4-7-17(29)23(35)36/h1-3,5-6,14-17H,4,7-12,24H2,(H2,25,30)(H2,26,31)(H,27,33)(H,28,32)(H,35,36).